The molecule has 2 aliphatic heterocycles. The maximum Gasteiger partial charge on any atom is 0.274 e. The summed E-state index contributed by atoms with van der Waals surface area (Å²) in [6, 6.07) is 17.2. The highest BCUT2D eigenvalue weighted by molar-refractivity contribution is 5.93. The van der Waals surface area contributed by atoms with Gasteiger partial charge in [0.1, 0.15) is 5.69 Å². The Bertz CT molecular complexity index is 984. The van der Waals surface area contributed by atoms with E-state index in [0.717, 1.165) is 45.3 Å². The van der Waals surface area contributed by atoms with Crippen LogP contribution in [0.1, 0.15) is 53.8 Å². The molecule has 0 saturated carbocycles. The number of nitrogens with zero attached hydrogens (tertiary/aromatic N) is 3. The minimum Gasteiger partial charge on any atom is -0.330 e. The van der Waals surface area contributed by atoms with Crippen LogP contribution in [0.3, 0.4) is 0 Å². The first-order valence-corrected chi connectivity index (χ1v) is 10.4. The number of likely N-dealkylation sites (tertiary alicyclic amines) is 1. The van der Waals surface area contributed by atoms with Crippen LogP contribution in [0.25, 0.3) is 10.8 Å². The fourth-order valence-electron chi connectivity index (χ4n) is 4.74. The van der Waals surface area contributed by atoms with Crippen LogP contribution in [-0.4, -0.2) is 40.2 Å². The van der Waals surface area contributed by atoms with Crippen molar-refractivity contribution < 1.29 is 4.79 Å². The Kier molecular flexibility index (Phi) is 4.61. The lowest BCUT2D eigenvalue weighted by atomic mass is 9.97. The number of aromatic nitrogens is 2. The Labute approximate surface area is 165 Å². The molecule has 28 heavy (non-hydrogen) atoms. The largest absolute Gasteiger partial charge is 0.330 e. The van der Waals surface area contributed by atoms with E-state index in [2.05, 4.69) is 52.9 Å². The number of carbonyl (C=O) groups excluding carboxylic acids is 1. The highest BCUT2D eigenvalue weighted by Crippen LogP contribution is 2.36. The van der Waals surface area contributed by atoms with Gasteiger partial charge in [0.2, 0.25) is 0 Å². The van der Waals surface area contributed by atoms with Gasteiger partial charge in [-0.3, -0.25) is 9.48 Å². The van der Waals surface area contributed by atoms with E-state index >= 15 is 0 Å². The van der Waals surface area contributed by atoms with Gasteiger partial charge >= 0.3 is 0 Å². The van der Waals surface area contributed by atoms with Gasteiger partial charge in [0, 0.05) is 19.3 Å². The molecule has 3 aromatic rings. The van der Waals surface area contributed by atoms with Crippen molar-refractivity contribution in [2.45, 2.75) is 37.8 Å². The number of fused-ring (bicyclic) bond motifs is 1. The van der Waals surface area contributed by atoms with Gasteiger partial charge < -0.3 is 10.2 Å². The van der Waals surface area contributed by atoms with Crippen LogP contribution in [0.15, 0.2) is 54.7 Å². The molecule has 5 rings (SSSR count). The van der Waals surface area contributed by atoms with E-state index in [1.807, 2.05) is 21.8 Å². The zero-order valence-electron chi connectivity index (χ0n) is 16.1. The average molecular weight is 374 g/mol. The van der Waals surface area contributed by atoms with E-state index in [-0.39, 0.29) is 11.9 Å². The summed E-state index contributed by atoms with van der Waals surface area (Å²) in [6.07, 6.45) is 6.28. The zero-order valence-corrected chi connectivity index (χ0v) is 16.1. The quantitative estimate of drug-likeness (QED) is 0.755. The molecular weight excluding hydrogens is 348 g/mol. The predicted octanol–water partition coefficient (Wildman–Crippen LogP) is 3.94. The fourth-order valence-corrected chi connectivity index (χ4v) is 4.74. The molecule has 2 unspecified atom stereocenters. The Morgan fingerprint density at radius 2 is 1.93 bits per heavy atom. The lowest BCUT2D eigenvalue weighted by Gasteiger charge is -2.26. The number of nitrogens with one attached hydrogen (secondary N) is 1. The lowest BCUT2D eigenvalue weighted by Crippen LogP contribution is -2.33. The van der Waals surface area contributed by atoms with Crippen molar-refractivity contribution in [1.82, 2.24) is 20.0 Å². The molecular formula is C23H26N4O. The Morgan fingerprint density at radius 1 is 1.04 bits per heavy atom. The van der Waals surface area contributed by atoms with E-state index < -0.39 is 0 Å². The van der Waals surface area contributed by atoms with Crippen molar-refractivity contribution >= 4 is 16.7 Å². The number of amides is 1. The van der Waals surface area contributed by atoms with Crippen LogP contribution in [-0.2, 0) is 0 Å². The van der Waals surface area contributed by atoms with Crippen LogP contribution < -0.4 is 5.32 Å². The van der Waals surface area contributed by atoms with Crippen LogP contribution in [0, 0.1) is 0 Å². The summed E-state index contributed by atoms with van der Waals surface area (Å²) in [4.78, 5) is 15.3. The molecule has 144 valence electrons. The summed E-state index contributed by atoms with van der Waals surface area (Å²) >= 11 is 0. The summed E-state index contributed by atoms with van der Waals surface area (Å²) in [7, 11) is 0. The number of hydrogen-bond acceptors (Lipinski definition) is 3. The number of benzene rings is 2. The van der Waals surface area contributed by atoms with E-state index in [9.17, 15) is 4.79 Å². The molecule has 0 spiro atoms. The number of carbonyl (C=O) groups is 1. The maximum atomic E-state index is 13.3. The van der Waals surface area contributed by atoms with Crippen LogP contribution in [0.5, 0.6) is 0 Å². The van der Waals surface area contributed by atoms with Crippen molar-refractivity contribution in [2.75, 3.05) is 19.6 Å². The molecule has 1 amide bonds. The second-order valence-corrected chi connectivity index (χ2v) is 7.91. The first-order valence-electron chi connectivity index (χ1n) is 10.4. The predicted molar refractivity (Wildman–Crippen MR) is 110 cm³/mol. The second kappa shape index (κ2) is 7.40. The van der Waals surface area contributed by atoms with E-state index in [1.54, 1.807) is 0 Å². The summed E-state index contributed by atoms with van der Waals surface area (Å²) in [5.41, 5.74) is 1.82. The minimum absolute atomic E-state index is 0.0537. The van der Waals surface area contributed by atoms with Gasteiger partial charge in [-0.15, -0.1) is 0 Å². The lowest BCUT2D eigenvalue weighted by molar-refractivity contribution is 0.0729. The van der Waals surface area contributed by atoms with Crippen molar-refractivity contribution in [3.8, 4) is 0 Å². The van der Waals surface area contributed by atoms with Crippen LogP contribution >= 0.6 is 0 Å². The van der Waals surface area contributed by atoms with Gasteiger partial charge in [-0.25, -0.2) is 0 Å². The van der Waals surface area contributed by atoms with Gasteiger partial charge in [0.25, 0.3) is 5.91 Å². The molecule has 1 N–H and O–H groups in total. The third-order valence-electron chi connectivity index (χ3n) is 6.17. The molecule has 5 heteroatoms. The average Bonchev–Trinajstić information content (AvgIpc) is 3.43. The fraction of sp³-hybridized carbons (Fsp3) is 0.391. The van der Waals surface area contributed by atoms with Gasteiger partial charge in [0.15, 0.2) is 0 Å². The molecule has 0 radical (unpaired) electrons. The molecule has 5 nitrogen and oxygen atoms in total. The monoisotopic (exact) mass is 374 g/mol. The Morgan fingerprint density at radius 3 is 2.82 bits per heavy atom. The Balaban J connectivity index is 1.42. The van der Waals surface area contributed by atoms with Crippen molar-refractivity contribution in [1.29, 1.82) is 0 Å². The SMILES string of the molecule is O=C(c1ccn(C2CCCNC2)n1)N1CCCC1c1cccc2ccccc12. The third-order valence-corrected chi connectivity index (χ3v) is 6.17. The molecule has 2 aliphatic rings. The van der Waals surface area contributed by atoms with Gasteiger partial charge in [0.05, 0.1) is 12.1 Å². The molecule has 0 aliphatic carbocycles. The molecule has 3 heterocycles. The van der Waals surface area contributed by atoms with E-state index in [0.29, 0.717) is 11.7 Å². The first kappa shape index (κ1) is 17.4. The number of rotatable bonds is 3. The van der Waals surface area contributed by atoms with Gasteiger partial charge in [-0.1, -0.05) is 42.5 Å². The van der Waals surface area contributed by atoms with E-state index in [1.165, 1.54) is 16.3 Å². The highest BCUT2D eigenvalue weighted by Gasteiger charge is 2.32. The minimum atomic E-state index is 0.0537. The normalized spacial score (nSPS) is 22.6. The molecule has 2 atom stereocenters. The maximum absolute atomic E-state index is 13.3. The standard InChI is InChI=1S/C23H26N4O/c28-23(21-12-15-27(25-21)18-8-4-13-24-16-18)26-14-5-11-22(26)20-10-3-7-17-6-1-2-9-19(17)20/h1-3,6-7,9-10,12,15,18,22,24H,4-5,8,11,13-14,16H2. The Hall–Kier alpha value is -2.66. The number of piperidine rings is 1. The summed E-state index contributed by atoms with van der Waals surface area (Å²) in [6.45, 7) is 2.80. The number of hydrogen-bond donors (Lipinski definition) is 1. The molecule has 2 aromatic carbocycles. The van der Waals surface area contributed by atoms with Gasteiger partial charge in [-0.05, 0) is 54.6 Å². The van der Waals surface area contributed by atoms with Crippen molar-refractivity contribution in [2.24, 2.45) is 0 Å². The molecule has 1 aromatic heterocycles. The van der Waals surface area contributed by atoms with Crippen molar-refractivity contribution in [3.63, 3.8) is 0 Å². The molecule has 0 bridgehead atoms. The summed E-state index contributed by atoms with van der Waals surface area (Å²) in [5.74, 6) is 0.0537. The zero-order chi connectivity index (χ0) is 18.9. The third kappa shape index (κ3) is 3.10. The highest BCUT2D eigenvalue weighted by atomic mass is 16.2. The van der Waals surface area contributed by atoms with Crippen LogP contribution in [0.2, 0.25) is 0 Å². The van der Waals surface area contributed by atoms with E-state index in [4.69, 9.17) is 0 Å². The van der Waals surface area contributed by atoms with Crippen molar-refractivity contribution in [3.05, 3.63) is 66.0 Å². The topological polar surface area (TPSA) is 50.2 Å². The first-order chi connectivity index (χ1) is 13.8. The van der Waals surface area contributed by atoms with Crippen LogP contribution in [0.4, 0.5) is 0 Å². The summed E-state index contributed by atoms with van der Waals surface area (Å²) < 4.78 is 1.97. The summed E-state index contributed by atoms with van der Waals surface area (Å²) in [5, 5.41) is 10.5. The van der Waals surface area contributed by atoms with Gasteiger partial charge in [-0.2, -0.15) is 5.10 Å². The molecule has 2 fully saturated rings. The smallest absolute Gasteiger partial charge is 0.274 e. The molecule has 2 saturated heterocycles. The second-order valence-electron chi connectivity index (χ2n) is 7.91.